The molecular formula is C24H36IN5O2. The van der Waals surface area contributed by atoms with Crippen molar-refractivity contribution in [3.05, 3.63) is 53.4 Å². The fourth-order valence-electron chi connectivity index (χ4n) is 4.76. The van der Waals surface area contributed by atoms with Crippen LogP contribution in [-0.2, 0) is 16.7 Å². The lowest BCUT2D eigenvalue weighted by Crippen LogP contribution is -2.52. The molecule has 8 heteroatoms. The van der Waals surface area contributed by atoms with Gasteiger partial charge in [0.2, 0.25) is 0 Å². The SMILES string of the molecule is CCNC(=NCC1(c2ccccc2C)CCOCC1)N1CCN(Cc2ccon2)CC1.I. The molecule has 0 radical (unpaired) electrons. The van der Waals surface area contributed by atoms with Crippen molar-refractivity contribution < 1.29 is 9.26 Å². The normalized spacial score (nSPS) is 19.4. The van der Waals surface area contributed by atoms with Crippen molar-refractivity contribution in [1.82, 2.24) is 20.3 Å². The molecular weight excluding hydrogens is 517 g/mol. The molecule has 1 N–H and O–H groups in total. The van der Waals surface area contributed by atoms with Gasteiger partial charge in [0.1, 0.15) is 6.26 Å². The second kappa shape index (κ2) is 12.0. The van der Waals surface area contributed by atoms with Gasteiger partial charge in [0.15, 0.2) is 5.96 Å². The van der Waals surface area contributed by atoms with Gasteiger partial charge < -0.3 is 19.5 Å². The summed E-state index contributed by atoms with van der Waals surface area (Å²) in [5, 5.41) is 7.58. The van der Waals surface area contributed by atoms with Crippen LogP contribution in [0.5, 0.6) is 0 Å². The zero-order valence-corrected chi connectivity index (χ0v) is 21.6. The Bertz CT molecular complexity index is 844. The maximum Gasteiger partial charge on any atom is 0.194 e. The van der Waals surface area contributed by atoms with E-state index in [1.807, 2.05) is 6.07 Å². The number of nitrogens with zero attached hydrogens (tertiary/aromatic N) is 4. The number of rotatable bonds is 6. The predicted molar refractivity (Wildman–Crippen MR) is 138 cm³/mol. The smallest absolute Gasteiger partial charge is 0.194 e. The van der Waals surface area contributed by atoms with E-state index >= 15 is 0 Å². The van der Waals surface area contributed by atoms with Crippen LogP contribution in [0.2, 0.25) is 0 Å². The zero-order chi connectivity index (χ0) is 21.5. The van der Waals surface area contributed by atoms with Gasteiger partial charge in [-0.25, -0.2) is 0 Å². The molecule has 1 aromatic heterocycles. The lowest BCUT2D eigenvalue weighted by atomic mass is 9.72. The third-order valence-corrected chi connectivity index (χ3v) is 6.58. The van der Waals surface area contributed by atoms with Gasteiger partial charge in [0, 0.05) is 64.0 Å². The molecule has 0 aliphatic carbocycles. The molecule has 32 heavy (non-hydrogen) atoms. The van der Waals surface area contributed by atoms with E-state index in [9.17, 15) is 0 Å². The fraction of sp³-hybridized carbons (Fsp3) is 0.583. The first-order valence-electron chi connectivity index (χ1n) is 11.5. The van der Waals surface area contributed by atoms with Crippen molar-refractivity contribution in [3.8, 4) is 0 Å². The summed E-state index contributed by atoms with van der Waals surface area (Å²) >= 11 is 0. The number of benzene rings is 1. The molecule has 2 aliphatic rings. The number of aromatic nitrogens is 1. The number of ether oxygens (including phenoxy) is 1. The molecule has 2 fully saturated rings. The Morgan fingerprint density at radius 2 is 1.88 bits per heavy atom. The zero-order valence-electron chi connectivity index (χ0n) is 19.3. The Kier molecular flexibility index (Phi) is 9.36. The third kappa shape index (κ3) is 6.02. The Morgan fingerprint density at radius 1 is 1.12 bits per heavy atom. The molecule has 7 nitrogen and oxygen atoms in total. The van der Waals surface area contributed by atoms with Crippen LogP contribution in [-0.4, -0.2) is 73.4 Å². The summed E-state index contributed by atoms with van der Waals surface area (Å²) < 4.78 is 10.7. The molecule has 1 aromatic carbocycles. The van der Waals surface area contributed by atoms with E-state index in [1.165, 1.54) is 11.1 Å². The van der Waals surface area contributed by atoms with Crippen molar-refractivity contribution in [2.45, 2.75) is 38.6 Å². The summed E-state index contributed by atoms with van der Waals surface area (Å²) in [5.74, 6) is 1.03. The first kappa shape index (κ1) is 25.0. The average molecular weight is 553 g/mol. The van der Waals surface area contributed by atoms with E-state index in [-0.39, 0.29) is 29.4 Å². The van der Waals surface area contributed by atoms with Gasteiger partial charge in [-0.05, 0) is 37.8 Å². The Balaban J connectivity index is 0.00000289. The van der Waals surface area contributed by atoms with Crippen LogP contribution < -0.4 is 5.32 Å². The van der Waals surface area contributed by atoms with Crippen LogP contribution in [0, 0.1) is 6.92 Å². The Hall–Kier alpha value is -1.65. The van der Waals surface area contributed by atoms with Crippen LogP contribution in [0.4, 0.5) is 0 Å². The standard InChI is InChI=1S/C24H35N5O2.HI/c1-3-25-23(29-13-11-28(12-14-29)18-21-8-15-31-27-21)26-19-24(9-16-30-17-10-24)22-7-5-4-6-20(22)2;/h4-8,15H,3,9-14,16-19H2,1-2H3,(H,25,26);1H. The molecule has 0 saturated carbocycles. The van der Waals surface area contributed by atoms with Crippen LogP contribution in [0.3, 0.4) is 0 Å². The van der Waals surface area contributed by atoms with Gasteiger partial charge in [-0.2, -0.15) is 0 Å². The van der Waals surface area contributed by atoms with Gasteiger partial charge in [0.25, 0.3) is 0 Å². The summed E-state index contributed by atoms with van der Waals surface area (Å²) in [5.41, 5.74) is 3.83. The topological polar surface area (TPSA) is 66.1 Å². The number of halogens is 1. The van der Waals surface area contributed by atoms with E-state index in [2.05, 4.69) is 58.4 Å². The highest BCUT2D eigenvalue weighted by Crippen LogP contribution is 2.37. The number of hydrogen-bond acceptors (Lipinski definition) is 5. The summed E-state index contributed by atoms with van der Waals surface area (Å²) in [4.78, 5) is 10.00. The lowest BCUT2D eigenvalue weighted by Gasteiger charge is -2.39. The summed E-state index contributed by atoms with van der Waals surface area (Å²) in [7, 11) is 0. The number of nitrogens with one attached hydrogen (secondary N) is 1. The second-order valence-corrected chi connectivity index (χ2v) is 8.63. The lowest BCUT2D eigenvalue weighted by molar-refractivity contribution is 0.0527. The predicted octanol–water partition coefficient (Wildman–Crippen LogP) is 3.43. The molecule has 0 bridgehead atoms. The number of hydrogen-bond donors (Lipinski definition) is 1. The van der Waals surface area contributed by atoms with Crippen molar-refractivity contribution in [1.29, 1.82) is 0 Å². The van der Waals surface area contributed by atoms with Gasteiger partial charge in [-0.1, -0.05) is 29.4 Å². The number of guanidine groups is 1. The molecule has 2 aliphatic heterocycles. The molecule has 0 spiro atoms. The van der Waals surface area contributed by atoms with E-state index in [4.69, 9.17) is 14.3 Å². The second-order valence-electron chi connectivity index (χ2n) is 8.63. The van der Waals surface area contributed by atoms with Gasteiger partial charge in [0.05, 0.1) is 12.2 Å². The van der Waals surface area contributed by atoms with E-state index < -0.39 is 0 Å². The minimum Gasteiger partial charge on any atom is -0.381 e. The number of aryl methyl sites for hydroxylation is 1. The van der Waals surface area contributed by atoms with Crippen molar-refractivity contribution in [2.24, 2.45) is 4.99 Å². The monoisotopic (exact) mass is 553 g/mol. The molecule has 4 rings (SSSR count). The van der Waals surface area contributed by atoms with Crippen molar-refractivity contribution in [2.75, 3.05) is 52.5 Å². The minimum absolute atomic E-state index is 0. The van der Waals surface area contributed by atoms with E-state index in [0.29, 0.717) is 0 Å². The van der Waals surface area contributed by atoms with Gasteiger partial charge in [-0.3, -0.25) is 9.89 Å². The van der Waals surface area contributed by atoms with E-state index in [1.54, 1.807) is 6.26 Å². The maximum atomic E-state index is 5.72. The minimum atomic E-state index is 0. The highest BCUT2D eigenvalue weighted by molar-refractivity contribution is 14.0. The quantitative estimate of drug-likeness (QED) is 0.336. The van der Waals surface area contributed by atoms with Crippen LogP contribution in [0.15, 0.2) is 46.1 Å². The fourth-order valence-corrected chi connectivity index (χ4v) is 4.76. The van der Waals surface area contributed by atoms with Gasteiger partial charge >= 0.3 is 0 Å². The first-order valence-corrected chi connectivity index (χ1v) is 11.5. The number of aliphatic imine (C=N–C) groups is 1. The molecule has 2 aromatic rings. The third-order valence-electron chi connectivity index (χ3n) is 6.58. The number of piperazine rings is 1. The highest BCUT2D eigenvalue weighted by atomic mass is 127. The maximum absolute atomic E-state index is 5.72. The summed E-state index contributed by atoms with van der Waals surface area (Å²) in [6.45, 7) is 12.4. The summed E-state index contributed by atoms with van der Waals surface area (Å²) in [6, 6.07) is 10.7. The molecule has 0 atom stereocenters. The molecule has 3 heterocycles. The first-order chi connectivity index (χ1) is 15.2. The van der Waals surface area contributed by atoms with E-state index in [0.717, 1.165) is 83.5 Å². The Morgan fingerprint density at radius 3 is 2.53 bits per heavy atom. The van der Waals surface area contributed by atoms with Crippen LogP contribution in [0.1, 0.15) is 36.6 Å². The van der Waals surface area contributed by atoms with Crippen LogP contribution >= 0.6 is 24.0 Å². The van der Waals surface area contributed by atoms with Crippen molar-refractivity contribution in [3.63, 3.8) is 0 Å². The van der Waals surface area contributed by atoms with Crippen molar-refractivity contribution >= 4 is 29.9 Å². The van der Waals surface area contributed by atoms with Gasteiger partial charge in [-0.15, -0.1) is 24.0 Å². The largest absolute Gasteiger partial charge is 0.381 e. The molecule has 176 valence electrons. The average Bonchev–Trinajstić information content (AvgIpc) is 3.31. The summed E-state index contributed by atoms with van der Waals surface area (Å²) in [6.07, 6.45) is 3.68. The molecule has 0 amide bonds. The molecule has 2 saturated heterocycles. The van der Waals surface area contributed by atoms with Crippen LogP contribution in [0.25, 0.3) is 0 Å². The molecule has 0 unspecified atom stereocenters. The highest BCUT2D eigenvalue weighted by Gasteiger charge is 2.35. The Labute approximate surface area is 208 Å².